The number of imidazole rings is 1. The molecule has 0 amide bonds. The number of esters is 1. The lowest BCUT2D eigenvalue weighted by atomic mass is 10.2. The van der Waals surface area contributed by atoms with Crippen LogP contribution >= 0.6 is 0 Å². The van der Waals surface area contributed by atoms with E-state index in [-0.39, 0.29) is 18.0 Å². The molecule has 0 bridgehead atoms. The van der Waals surface area contributed by atoms with Gasteiger partial charge in [-0.05, 0) is 32.9 Å². The van der Waals surface area contributed by atoms with Crippen LogP contribution in [0.1, 0.15) is 28.7 Å². The summed E-state index contributed by atoms with van der Waals surface area (Å²) in [6.45, 7) is 5.68. The van der Waals surface area contributed by atoms with Gasteiger partial charge in [-0.2, -0.15) is 0 Å². The zero-order chi connectivity index (χ0) is 14.0. The summed E-state index contributed by atoms with van der Waals surface area (Å²) < 4.78 is 6.37. The minimum Gasteiger partial charge on any atom is -0.461 e. The second-order valence-electron chi connectivity index (χ2n) is 4.28. The molecule has 0 radical (unpaired) electrons. The summed E-state index contributed by atoms with van der Waals surface area (Å²) in [6.07, 6.45) is 0. The van der Waals surface area contributed by atoms with Crippen LogP contribution in [0.4, 0.5) is 0 Å². The average Bonchev–Trinajstić information content (AvgIpc) is 2.67. The molecule has 0 fully saturated rings. The van der Waals surface area contributed by atoms with Gasteiger partial charge in [-0.1, -0.05) is 17.7 Å². The van der Waals surface area contributed by atoms with Crippen LogP contribution in [0.5, 0.6) is 0 Å². The Kier molecular flexibility index (Phi) is 3.55. The predicted octanol–water partition coefficient (Wildman–Crippen LogP) is 1.96. The Balaban J connectivity index is 2.51. The zero-order valence-electron chi connectivity index (χ0n) is 11.2. The molecule has 0 unspecified atom stereocenters. The van der Waals surface area contributed by atoms with Gasteiger partial charge in [0.05, 0.1) is 18.0 Å². The molecule has 1 heterocycles. The van der Waals surface area contributed by atoms with Crippen LogP contribution in [-0.2, 0) is 4.74 Å². The Morgan fingerprint density at radius 2 is 1.89 bits per heavy atom. The summed E-state index contributed by atoms with van der Waals surface area (Å²) in [5.74, 6) is -0.511. The van der Waals surface area contributed by atoms with Gasteiger partial charge in [-0.25, -0.2) is 9.59 Å². The standard InChI is InChI=1S/C14H16N2O3/c1-4-19-13(17)12-10(3)16(14(18)15-12)11-7-5-9(2)6-8-11/h5-8H,4H2,1-3H3,(H,15,18). The molecule has 100 valence electrons. The third-order valence-electron chi connectivity index (χ3n) is 2.90. The number of aromatic amines is 1. The highest BCUT2D eigenvalue weighted by Crippen LogP contribution is 2.13. The molecule has 0 saturated carbocycles. The van der Waals surface area contributed by atoms with E-state index in [4.69, 9.17) is 4.74 Å². The van der Waals surface area contributed by atoms with E-state index in [0.717, 1.165) is 11.3 Å². The van der Waals surface area contributed by atoms with Gasteiger partial charge in [0.15, 0.2) is 0 Å². The zero-order valence-corrected chi connectivity index (χ0v) is 11.2. The summed E-state index contributed by atoms with van der Waals surface area (Å²) >= 11 is 0. The van der Waals surface area contributed by atoms with Gasteiger partial charge < -0.3 is 4.74 Å². The van der Waals surface area contributed by atoms with Gasteiger partial charge in [0.2, 0.25) is 0 Å². The lowest BCUT2D eigenvalue weighted by molar-refractivity contribution is 0.0519. The number of H-pyrrole nitrogens is 1. The summed E-state index contributed by atoms with van der Waals surface area (Å²) in [6, 6.07) is 7.51. The summed E-state index contributed by atoms with van der Waals surface area (Å²) in [5, 5.41) is 0. The van der Waals surface area contributed by atoms with Crippen LogP contribution in [0.25, 0.3) is 5.69 Å². The largest absolute Gasteiger partial charge is 0.461 e. The minimum absolute atomic E-state index is 0.201. The van der Waals surface area contributed by atoms with Crippen LogP contribution in [-0.4, -0.2) is 22.1 Å². The summed E-state index contributed by atoms with van der Waals surface area (Å²) in [7, 11) is 0. The average molecular weight is 260 g/mol. The van der Waals surface area contributed by atoms with Crippen molar-refractivity contribution < 1.29 is 9.53 Å². The van der Waals surface area contributed by atoms with E-state index in [1.54, 1.807) is 13.8 Å². The van der Waals surface area contributed by atoms with Crippen LogP contribution in [0, 0.1) is 13.8 Å². The fourth-order valence-electron chi connectivity index (χ4n) is 1.92. The predicted molar refractivity (Wildman–Crippen MR) is 71.8 cm³/mol. The van der Waals surface area contributed by atoms with Crippen molar-refractivity contribution in [2.24, 2.45) is 0 Å². The normalized spacial score (nSPS) is 10.5. The third-order valence-corrected chi connectivity index (χ3v) is 2.90. The molecule has 1 aromatic carbocycles. The van der Waals surface area contributed by atoms with Crippen LogP contribution in [0.15, 0.2) is 29.1 Å². The second kappa shape index (κ2) is 5.14. The molecule has 0 saturated heterocycles. The van der Waals surface area contributed by atoms with Crippen molar-refractivity contribution in [3.8, 4) is 5.69 Å². The first kappa shape index (κ1) is 13.1. The number of carbonyl (C=O) groups excluding carboxylic acids is 1. The monoisotopic (exact) mass is 260 g/mol. The first-order valence-electron chi connectivity index (χ1n) is 6.10. The Morgan fingerprint density at radius 1 is 1.26 bits per heavy atom. The highest BCUT2D eigenvalue weighted by atomic mass is 16.5. The van der Waals surface area contributed by atoms with E-state index in [1.807, 2.05) is 31.2 Å². The number of aryl methyl sites for hydroxylation is 1. The Bertz CT molecular complexity index is 650. The molecule has 1 aromatic heterocycles. The van der Waals surface area contributed by atoms with Crippen molar-refractivity contribution in [3.05, 3.63) is 51.7 Å². The fourth-order valence-corrected chi connectivity index (χ4v) is 1.92. The number of nitrogens with zero attached hydrogens (tertiary/aromatic N) is 1. The lowest BCUT2D eigenvalue weighted by Crippen LogP contribution is -2.15. The number of aromatic nitrogens is 2. The van der Waals surface area contributed by atoms with Gasteiger partial charge >= 0.3 is 11.7 Å². The van der Waals surface area contributed by atoms with Crippen molar-refractivity contribution in [1.29, 1.82) is 0 Å². The maximum absolute atomic E-state index is 12.0. The quantitative estimate of drug-likeness (QED) is 0.858. The van der Waals surface area contributed by atoms with Crippen molar-refractivity contribution >= 4 is 5.97 Å². The van der Waals surface area contributed by atoms with E-state index >= 15 is 0 Å². The van der Waals surface area contributed by atoms with Crippen molar-refractivity contribution in [3.63, 3.8) is 0 Å². The highest BCUT2D eigenvalue weighted by Gasteiger charge is 2.18. The number of hydrogen-bond donors (Lipinski definition) is 1. The van der Waals surface area contributed by atoms with Crippen molar-refractivity contribution in [2.45, 2.75) is 20.8 Å². The minimum atomic E-state index is -0.511. The van der Waals surface area contributed by atoms with Crippen LogP contribution < -0.4 is 5.69 Å². The number of hydrogen-bond acceptors (Lipinski definition) is 3. The molecule has 0 aliphatic carbocycles. The smallest absolute Gasteiger partial charge is 0.356 e. The van der Waals surface area contributed by atoms with Gasteiger partial charge in [0, 0.05) is 0 Å². The second-order valence-corrected chi connectivity index (χ2v) is 4.28. The number of benzene rings is 1. The molecule has 0 aliphatic rings. The Hall–Kier alpha value is -2.30. The molecule has 0 aliphatic heterocycles. The SMILES string of the molecule is CCOC(=O)c1[nH]c(=O)n(-c2ccc(C)cc2)c1C. The van der Waals surface area contributed by atoms with Gasteiger partial charge in [0.25, 0.3) is 0 Å². The molecule has 5 heteroatoms. The van der Waals surface area contributed by atoms with Crippen molar-refractivity contribution in [2.75, 3.05) is 6.61 Å². The molecular weight excluding hydrogens is 244 g/mol. The molecule has 2 rings (SSSR count). The molecule has 0 atom stereocenters. The molecule has 2 aromatic rings. The van der Waals surface area contributed by atoms with Crippen LogP contribution in [0.3, 0.4) is 0 Å². The Labute approximate surface area is 110 Å². The maximum atomic E-state index is 12.0. The number of rotatable bonds is 3. The third kappa shape index (κ3) is 2.45. The Morgan fingerprint density at radius 3 is 2.47 bits per heavy atom. The first-order chi connectivity index (χ1) is 9.04. The molecule has 0 spiro atoms. The summed E-state index contributed by atoms with van der Waals surface area (Å²) in [4.78, 5) is 26.2. The van der Waals surface area contributed by atoms with Crippen molar-refractivity contribution in [1.82, 2.24) is 9.55 Å². The molecule has 19 heavy (non-hydrogen) atoms. The lowest BCUT2D eigenvalue weighted by Gasteiger charge is -2.05. The van der Waals surface area contributed by atoms with E-state index in [9.17, 15) is 9.59 Å². The topological polar surface area (TPSA) is 64.1 Å². The van der Waals surface area contributed by atoms with E-state index < -0.39 is 5.97 Å². The first-order valence-corrected chi connectivity index (χ1v) is 6.10. The number of carbonyl (C=O) groups is 1. The highest BCUT2D eigenvalue weighted by molar-refractivity contribution is 5.88. The number of nitrogens with one attached hydrogen (secondary N) is 1. The van der Waals surface area contributed by atoms with Gasteiger partial charge in [-0.15, -0.1) is 0 Å². The van der Waals surface area contributed by atoms with Gasteiger partial charge in [-0.3, -0.25) is 9.55 Å². The molecule has 1 N–H and O–H groups in total. The fraction of sp³-hybridized carbons (Fsp3) is 0.286. The summed E-state index contributed by atoms with van der Waals surface area (Å²) in [5.41, 5.74) is 2.24. The maximum Gasteiger partial charge on any atom is 0.356 e. The van der Waals surface area contributed by atoms with Gasteiger partial charge in [0.1, 0.15) is 5.69 Å². The van der Waals surface area contributed by atoms with Crippen LogP contribution in [0.2, 0.25) is 0 Å². The van der Waals surface area contributed by atoms with E-state index in [2.05, 4.69) is 4.98 Å². The number of ether oxygens (including phenoxy) is 1. The molecular formula is C14H16N2O3. The molecule has 5 nitrogen and oxygen atoms in total. The van der Waals surface area contributed by atoms with E-state index in [1.165, 1.54) is 4.57 Å². The van der Waals surface area contributed by atoms with E-state index in [0.29, 0.717) is 5.69 Å².